The zero-order valence-corrected chi connectivity index (χ0v) is 12.0. The second-order valence-corrected chi connectivity index (χ2v) is 4.18. The van der Waals surface area contributed by atoms with Gasteiger partial charge in [0.1, 0.15) is 5.82 Å². The molecule has 0 aliphatic carbocycles. The number of carbonyl (C=O) groups is 1. The van der Waals surface area contributed by atoms with Crippen LogP contribution >= 0.6 is 0 Å². The third-order valence-electron chi connectivity index (χ3n) is 2.89. The van der Waals surface area contributed by atoms with Gasteiger partial charge in [0.15, 0.2) is 0 Å². The lowest BCUT2D eigenvalue weighted by atomic mass is 10.2. The number of methoxy groups -OCH3 is 1. The number of amides is 1. The lowest BCUT2D eigenvalue weighted by molar-refractivity contribution is 0.0773. The molecule has 0 atom stereocenters. The van der Waals surface area contributed by atoms with E-state index in [1.54, 1.807) is 30.3 Å². The van der Waals surface area contributed by atoms with Gasteiger partial charge >= 0.3 is 0 Å². The van der Waals surface area contributed by atoms with Gasteiger partial charge in [-0.15, -0.1) is 0 Å². The topological polar surface area (TPSA) is 54.5 Å². The molecule has 0 aliphatic heterocycles. The molecule has 19 heavy (non-hydrogen) atoms. The lowest BCUT2D eigenvalue weighted by Gasteiger charge is -2.18. The van der Waals surface area contributed by atoms with Crippen LogP contribution in [0.25, 0.3) is 0 Å². The maximum Gasteiger partial charge on any atom is 0.254 e. The van der Waals surface area contributed by atoms with Gasteiger partial charge in [-0.05, 0) is 32.4 Å². The molecule has 1 N–H and O–H groups in total. The standard InChI is InChI=1S/C14H23N3O2/c1-4-17(5-2)14(18)12-7-9-16-13(11-12)15-8-6-10-19-3/h7,9,11H,4-6,8,10H2,1-3H3,(H,15,16). The SMILES string of the molecule is CCN(CC)C(=O)c1ccnc(NCCCOC)c1. The molecule has 0 saturated heterocycles. The molecule has 0 aromatic carbocycles. The molecule has 1 rings (SSSR count). The van der Waals surface area contributed by atoms with E-state index >= 15 is 0 Å². The smallest absolute Gasteiger partial charge is 0.254 e. The fourth-order valence-electron chi connectivity index (χ4n) is 1.79. The lowest BCUT2D eigenvalue weighted by Crippen LogP contribution is -2.30. The summed E-state index contributed by atoms with van der Waals surface area (Å²) < 4.78 is 4.98. The zero-order chi connectivity index (χ0) is 14.1. The summed E-state index contributed by atoms with van der Waals surface area (Å²) in [5.41, 5.74) is 0.674. The number of pyridine rings is 1. The van der Waals surface area contributed by atoms with E-state index < -0.39 is 0 Å². The molecule has 0 radical (unpaired) electrons. The predicted octanol–water partition coefficient (Wildman–Crippen LogP) is 2.01. The minimum absolute atomic E-state index is 0.0485. The second-order valence-electron chi connectivity index (χ2n) is 4.18. The average molecular weight is 265 g/mol. The quantitative estimate of drug-likeness (QED) is 0.731. The number of hydrogen-bond acceptors (Lipinski definition) is 4. The molecule has 0 bridgehead atoms. The van der Waals surface area contributed by atoms with Crippen LogP contribution < -0.4 is 5.32 Å². The minimum atomic E-state index is 0.0485. The summed E-state index contributed by atoms with van der Waals surface area (Å²) in [4.78, 5) is 18.2. The number of ether oxygens (including phenoxy) is 1. The Morgan fingerprint density at radius 1 is 1.42 bits per heavy atom. The van der Waals surface area contributed by atoms with E-state index in [1.807, 2.05) is 13.8 Å². The zero-order valence-electron chi connectivity index (χ0n) is 12.0. The number of carbonyl (C=O) groups excluding carboxylic acids is 1. The molecular weight excluding hydrogens is 242 g/mol. The Labute approximate surface area is 115 Å². The summed E-state index contributed by atoms with van der Waals surface area (Å²) in [6.07, 6.45) is 2.57. The van der Waals surface area contributed by atoms with E-state index in [9.17, 15) is 4.79 Å². The Kier molecular flexibility index (Phi) is 6.89. The Hall–Kier alpha value is -1.62. The maximum atomic E-state index is 12.2. The molecule has 5 heteroatoms. The van der Waals surface area contributed by atoms with E-state index in [0.29, 0.717) is 25.3 Å². The van der Waals surface area contributed by atoms with Crippen molar-refractivity contribution in [3.8, 4) is 0 Å². The summed E-state index contributed by atoms with van der Waals surface area (Å²) >= 11 is 0. The van der Waals surface area contributed by atoms with Gasteiger partial charge in [-0.25, -0.2) is 4.98 Å². The summed E-state index contributed by atoms with van der Waals surface area (Å²) in [5, 5.41) is 3.19. The summed E-state index contributed by atoms with van der Waals surface area (Å²) in [6.45, 7) is 6.89. The highest BCUT2D eigenvalue weighted by Gasteiger charge is 2.12. The van der Waals surface area contributed by atoms with E-state index in [0.717, 1.165) is 18.8 Å². The van der Waals surface area contributed by atoms with Crippen LogP contribution in [0.1, 0.15) is 30.6 Å². The van der Waals surface area contributed by atoms with Crippen LogP contribution in [0.5, 0.6) is 0 Å². The van der Waals surface area contributed by atoms with E-state index in [4.69, 9.17) is 4.74 Å². The molecule has 0 spiro atoms. The Balaban J connectivity index is 2.63. The molecule has 5 nitrogen and oxygen atoms in total. The van der Waals surface area contributed by atoms with Crippen molar-refractivity contribution in [3.05, 3.63) is 23.9 Å². The first-order chi connectivity index (χ1) is 9.22. The van der Waals surface area contributed by atoms with Crippen LogP contribution in [-0.2, 0) is 4.74 Å². The first kappa shape index (κ1) is 15.4. The summed E-state index contributed by atoms with van der Waals surface area (Å²) in [6, 6.07) is 3.55. The number of aromatic nitrogens is 1. The van der Waals surface area contributed by atoms with Crippen LogP contribution in [0.15, 0.2) is 18.3 Å². The van der Waals surface area contributed by atoms with Crippen molar-refractivity contribution in [1.29, 1.82) is 0 Å². The number of anilines is 1. The second kappa shape index (κ2) is 8.48. The van der Waals surface area contributed by atoms with Gasteiger partial charge in [0, 0.05) is 45.1 Å². The summed E-state index contributed by atoms with van der Waals surface area (Å²) in [5.74, 6) is 0.779. The van der Waals surface area contributed by atoms with Crippen LogP contribution in [0.4, 0.5) is 5.82 Å². The predicted molar refractivity (Wildman–Crippen MR) is 76.5 cm³/mol. The van der Waals surface area contributed by atoms with Crippen LogP contribution in [0.3, 0.4) is 0 Å². The molecule has 0 unspecified atom stereocenters. The van der Waals surface area contributed by atoms with E-state index in [1.165, 1.54) is 0 Å². The van der Waals surface area contributed by atoms with Crippen LogP contribution in [-0.4, -0.2) is 49.1 Å². The highest BCUT2D eigenvalue weighted by atomic mass is 16.5. The van der Waals surface area contributed by atoms with Crippen LogP contribution in [0.2, 0.25) is 0 Å². The van der Waals surface area contributed by atoms with E-state index in [-0.39, 0.29) is 5.91 Å². The van der Waals surface area contributed by atoms with Gasteiger partial charge in [-0.3, -0.25) is 4.79 Å². The van der Waals surface area contributed by atoms with Crippen molar-refractivity contribution in [2.45, 2.75) is 20.3 Å². The Morgan fingerprint density at radius 2 is 2.16 bits per heavy atom. The fraction of sp³-hybridized carbons (Fsp3) is 0.571. The fourth-order valence-corrected chi connectivity index (χ4v) is 1.79. The minimum Gasteiger partial charge on any atom is -0.385 e. The normalized spacial score (nSPS) is 10.3. The molecular formula is C14H23N3O2. The number of hydrogen-bond donors (Lipinski definition) is 1. The highest BCUT2D eigenvalue weighted by molar-refractivity contribution is 5.94. The first-order valence-corrected chi connectivity index (χ1v) is 6.71. The molecule has 1 aromatic heterocycles. The highest BCUT2D eigenvalue weighted by Crippen LogP contribution is 2.09. The third-order valence-corrected chi connectivity index (χ3v) is 2.89. The van der Waals surface area contributed by atoms with Gasteiger partial charge in [0.25, 0.3) is 5.91 Å². The Bertz CT molecular complexity index is 392. The van der Waals surface area contributed by atoms with Crippen LogP contribution in [0, 0.1) is 0 Å². The van der Waals surface area contributed by atoms with Gasteiger partial charge in [0.05, 0.1) is 0 Å². The monoisotopic (exact) mass is 265 g/mol. The number of nitrogens with zero attached hydrogens (tertiary/aromatic N) is 2. The van der Waals surface area contributed by atoms with Gasteiger partial charge in [-0.2, -0.15) is 0 Å². The molecule has 0 saturated carbocycles. The van der Waals surface area contributed by atoms with E-state index in [2.05, 4.69) is 10.3 Å². The molecule has 106 valence electrons. The van der Waals surface area contributed by atoms with Gasteiger partial charge in [0.2, 0.25) is 0 Å². The molecule has 1 heterocycles. The third kappa shape index (κ3) is 4.87. The number of nitrogens with one attached hydrogen (secondary N) is 1. The summed E-state index contributed by atoms with van der Waals surface area (Å²) in [7, 11) is 1.68. The molecule has 0 aliphatic rings. The van der Waals surface area contributed by atoms with Gasteiger partial charge < -0.3 is 15.0 Å². The largest absolute Gasteiger partial charge is 0.385 e. The van der Waals surface area contributed by atoms with Crippen molar-refractivity contribution in [2.75, 3.05) is 38.7 Å². The van der Waals surface area contributed by atoms with Crippen molar-refractivity contribution in [3.63, 3.8) is 0 Å². The average Bonchev–Trinajstić information content (AvgIpc) is 2.45. The Morgan fingerprint density at radius 3 is 2.79 bits per heavy atom. The van der Waals surface area contributed by atoms with Crippen molar-refractivity contribution < 1.29 is 9.53 Å². The van der Waals surface area contributed by atoms with Crippen molar-refractivity contribution in [1.82, 2.24) is 9.88 Å². The molecule has 0 fully saturated rings. The van der Waals surface area contributed by atoms with Crippen molar-refractivity contribution in [2.24, 2.45) is 0 Å². The maximum absolute atomic E-state index is 12.2. The number of rotatable bonds is 8. The molecule has 1 aromatic rings. The molecule has 1 amide bonds. The van der Waals surface area contributed by atoms with Gasteiger partial charge in [-0.1, -0.05) is 0 Å². The first-order valence-electron chi connectivity index (χ1n) is 6.71. The van der Waals surface area contributed by atoms with Crippen molar-refractivity contribution >= 4 is 11.7 Å².